The number of hydrogen-bond donors (Lipinski definition) is 0. The Hall–Kier alpha value is -1.76. The third-order valence-electron chi connectivity index (χ3n) is 2.84. The minimum Gasteiger partial charge on any atom is -0.295 e. The monoisotopic (exact) mass is 301 g/mol. The molecule has 0 atom stereocenters. The number of carbonyl (C=O) groups excluding carboxylic acids is 1. The largest absolute Gasteiger partial charge is 0.295 e. The summed E-state index contributed by atoms with van der Waals surface area (Å²) in [4.78, 5) is 12.3. The minimum atomic E-state index is 0.0664. The Morgan fingerprint density at radius 2 is 1.95 bits per heavy atom. The first-order valence-electron chi connectivity index (χ1n) is 6.02. The number of hydrogen-bond acceptors (Lipinski definition) is 3. The zero-order valence-electron chi connectivity index (χ0n) is 10.9. The van der Waals surface area contributed by atoms with Gasteiger partial charge in [0.1, 0.15) is 0 Å². The number of Topliss-reactive ketones (excluding diaryl/α,β-unsaturated/α-hetero) is 1. The van der Waals surface area contributed by atoms with E-state index in [9.17, 15) is 4.79 Å². The molecule has 0 fully saturated rings. The summed E-state index contributed by atoms with van der Waals surface area (Å²) in [6, 6.07) is 14.9. The zero-order chi connectivity index (χ0) is 14.5. The van der Waals surface area contributed by atoms with E-state index in [-0.39, 0.29) is 5.78 Å². The van der Waals surface area contributed by atoms with Crippen LogP contribution in [-0.4, -0.2) is 5.78 Å². The highest BCUT2D eigenvalue weighted by Crippen LogP contribution is 2.27. The maximum atomic E-state index is 11.2. The van der Waals surface area contributed by atoms with Gasteiger partial charge in [-0.3, -0.25) is 4.79 Å². The van der Waals surface area contributed by atoms with Gasteiger partial charge >= 0.3 is 0 Å². The van der Waals surface area contributed by atoms with E-state index in [1.807, 2.05) is 30.3 Å². The predicted octanol–water partition coefficient (Wildman–Crippen LogP) is 4.71. The number of thioether (sulfide) groups is 1. The molecule has 2 rings (SSSR count). The molecule has 0 unspecified atom stereocenters. The van der Waals surface area contributed by atoms with Gasteiger partial charge in [0.2, 0.25) is 0 Å². The second kappa shape index (κ2) is 6.60. The van der Waals surface area contributed by atoms with E-state index in [4.69, 9.17) is 16.9 Å². The number of ketones is 1. The second-order valence-electron chi connectivity index (χ2n) is 4.29. The van der Waals surface area contributed by atoms with E-state index in [2.05, 4.69) is 6.07 Å². The van der Waals surface area contributed by atoms with Crippen LogP contribution in [0.15, 0.2) is 47.4 Å². The molecule has 20 heavy (non-hydrogen) atoms. The Morgan fingerprint density at radius 1 is 1.25 bits per heavy atom. The molecule has 100 valence electrons. The Morgan fingerprint density at radius 3 is 2.50 bits per heavy atom. The van der Waals surface area contributed by atoms with Crippen LogP contribution < -0.4 is 0 Å². The molecule has 0 heterocycles. The third-order valence-corrected chi connectivity index (χ3v) is 4.25. The topological polar surface area (TPSA) is 40.9 Å². The summed E-state index contributed by atoms with van der Waals surface area (Å²) in [5.41, 5.74) is 2.27. The fourth-order valence-electron chi connectivity index (χ4n) is 1.68. The SMILES string of the molecule is CC(=O)c1ccc(SCc2ccc(C#N)cc2Cl)cc1. The molecule has 0 N–H and O–H groups in total. The summed E-state index contributed by atoms with van der Waals surface area (Å²) < 4.78 is 0. The molecule has 2 nitrogen and oxygen atoms in total. The molecule has 0 saturated carbocycles. The summed E-state index contributed by atoms with van der Waals surface area (Å²) in [6.07, 6.45) is 0. The first-order valence-corrected chi connectivity index (χ1v) is 7.39. The van der Waals surface area contributed by atoms with Crippen LogP contribution in [0.3, 0.4) is 0 Å². The molecular formula is C16H12ClNOS. The van der Waals surface area contributed by atoms with Gasteiger partial charge < -0.3 is 0 Å². The molecule has 2 aromatic carbocycles. The Kier molecular flexibility index (Phi) is 4.84. The lowest BCUT2D eigenvalue weighted by Crippen LogP contribution is -1.90. The Bertz CT molecular complexity index is 674. The van der Waals surface area contributed by atoms with Gasteiger partial charge in [-0.05, 0) is 36.8 Å². The number of halogens is 1. The number of nitriles is 1. The molecule has 2 aromatic rings. The summed E-state index contributed by atoms with van der Waals surface area (Å²) in [5.74, 6) is 0.793. The molecular weight excluding hydrogens is 290 g/mol. The summed E-state index contributed by atoms with van der Waals surface area (Å²) >= 11 is 7.77. The first-order chi connectivity index (χ1) is 9.60. The average Bonchev–Trinajstić information content (AvgIpc) is 2.46. The molecule has 0 bridgehead atoms. The fourth-order valence-corrected chi connectivity index (χ4v) is 2.91. The van der Waals surface area contributed by atoms with Crippen LogP contribution in [0.2, 0.25) is 5.02 Å². The smallest absolute Gasteiger partial charge is 0.159 e. The predicted molar refractivity (Wildman–Crippen MR) is 82.2 cm³/mol. The molecule has 0 aromatic heterocycles. The van der Waals surface area contributed by atoms with Gasteiger partial charge in [0.15, 0.2) is 5.78 Å². The van der Waals surface area contributed by atoms with Crippen molar-refractivity contribution in [3.05, 3.63) is 64.2 Å². The van der Waals surface area contributed by atoms with E-state index >= 15 is 0 Å². The number of nitrogens with zero attached hydrogens (tertiary/aromatic N) is 1. The molecule has 0 aliphatic carbocycles. The van der Waals surface area contributed by atoms with Crippen molar-refractivity contribution in [1.29, 1.82) is 5.26 Å². The lowest BCUT2D eigenvalue weighted by molar-refractivity contribution is 0.101. The van der Waals surface area contributed by atoms with Gasteiger partial charge in [-0.2, -0.15) is 5.26 Å². The van der Waals surface area contributed by atoms with Crippen LogP contribution >= 0.6 is 23.4 Å². The van der Waals surface area contributed by atoms with E-state index in [1.165, 1.54) is 0 Å². The van der Waals surface area contributed by atoms with Crippen LogP contribution in [0.1, 0.15) is 28.4 Å². The van der Waals surface area contributed by atoms with Crippen LogP contribution in [0.4, 0.5) is 0 Å². The molecule has 0 radical (unpaired) electrons. The van der Waals surface area contributed by atoms with E-state index in [0.717, 1.165) is 16.2 Å². The van der Waals surface area contributed by atoms with E-state index in [0.29, 0.717) is 16.1 Å². The molecule has 0 amide bonds. The zero-order valence-corrected chi connectivity index (χ0v) is 12.5. The van der Waals surface area contributed by atoms with Crippen molar-refractivity contribution in [3.63, 3.8) is 0 Å². The van der Waals surface area contributed by atoms with Crippen molar-refractivity contribution in [3.8, 4) is 6.07 Å². The van der Waals surface area contributed by atoms with Gasteiger partial charge in [-0.25, -0.2) is 0 Å². The van der Waals surface area contributed by atoms with Gasteiger partial charge in [-0.1, -0.05) is 29.8 Å². The first kappa shape index (κ1) is 14.6. The summed E-state index contributed by atoms with van der Waals surface area (Å²) in [7, 11) is 0. The molecule has 0 aliphatic rings. The highest BCUT2D eigenvalue weighted by Gasteiger charge is 2.04. The van der Waals surface area contributed by atoms with Crippen molar-refractivity contribution < 1.29 is 4.79 Å². The quantitative estimate of drug-likeness (QED) is 0.607. The summed E-state index contributed by atoms with van der Waals surface area (Å²) in [6.45, 7) is 1.55. The standard InChI is InChI=1S/C16H12ClNOS/c1-11(19)13-4-6-15(7-5-13)20-10-14-3-2-12(9-18)8-16(14)17/h2-8H,10H2,1H3. The Balaban J connectivity index is 2.05. The number of rotatable bonds is 4. The number of carbonyl (C=O) groups is 1. The lowest BCUT2D eigenvalue weighted by atomic mass is 10.2. The van der Waals surface area contributed by atoms with Crippen LogP contribution in [0.25, 0.3) is 0 Å². The number of benzene rings is 2. The van der Waals surface area contributed by atoms with Crippen molar-refractivity contribution in [2.24, 2.45) is 0 Å². The third kappa shape index (κ3) is 3.63. The van der Waals surface area contributed by atoms with Crippen LogP contribution in [0, 0.1) is 11.3 Å². The van der Waals surface area contributed by atoms with E-state index < -0.39 is 0 Å². The van der Waals surface area contributed by atoms with Gasteiger partial charge in [0.05, 0.1) is 11.6 Å². The van der Waals surface area contributed by atoms with Crippen molar-refractivity contribution >= 4 is 29.1 Å². The summed E-state index contributed by atoms with van der Waals surface area (Å²) in [5, 5.41) is 9.40. The minimum absolute atomic E-state index is 0.0664. The molecule has 0 saturated heterocycles. The van der Waals surface area contributed by atoms with Gasteiger partial charge in [-0.15, -0.1) is 11.8 Å². The second-order valence-corrected chi connectivity index (χ2v) is 5.74. The fraction of sp³-hybridized carbons (Fsp3) is 0.125. The Labute approximate surface area is 127 Å². The maximum absolute atomic E-state index is 11.2. The van der Waals surface area contributed by atoms with Gasteiger partial charge in [0.25, 0.3) is 0 Å². The van der Waals surface area contributed by atoms with Crippen LogP contribution in [0.5, 0.6) is 0 Å². The van der Waals surface area contributed by atoms with Gasteiger partial charge in [0, 0.05) is 21.2 Å². The molecule has 4 heteroatoms. The van der Waals surface area contributed by atoms with Crippen molar-refractivity contribution in [1.82, 2.24) is 0 Å². The molecule has 0 spiro atoms. The van der Waals surface area contributed by atoms with E-state index in [1.54, 1.807) is 30.8 Å². The van der Waals surface area contributed by atoms with Crippen LogP contribution in [-0.2, 0) is 5.75 Å². The normalized spacial score (nSPS) is 10.1. The van der Waals surface area contributed by atoms with Crippen molar-refractivity contribution in [2.45, 2.75) is 17.6 Å². The lowest BCUT2D eigenvalue weighted by Gasteiger charge is -2.05. The highest BCUT2D eigenvalue weighted by atomic mass is 35.5. The highest BCUT2D eigenvalue weighted by molar-refractivity contribution is 7.98. The van der Waals surface area contributed by atoms with Crippen molar-refractivity contribution in [2.75, 3.05) is 0 Å². The molecule has 0 aliphatic heterocycles. The average molecular weight is 302 g/mol. The maximum Gasteiger partial charge on any atom is 0.159 e.